The highest BCUT2D eigenvalue weighted by atomic mass is 16.7. The van der Waals surface area contributed by atoms with Crippen molar-refractivity contribution in [2.45, 2.75) is 13.3 Å². The minimum absolute atomic E-state index is 0.500. The van der Waals surface area contributed by atoms with E-state index in [1.165, 1.54) is 0 Å². The van der Waals surface area contributed by atoms with Crippen LogP contribution in [0.3, 0.4) is 0 Å². The maximum Gasteiger partial charge on any atom is 0.228 e. The molecule has 0 amide bonds. The van der Waals surface area contributed by atoms with Gasteiger partial charge in [-0.3, -0.25) is 5.73 Å². The van der Waals surface area contributed by atoms with E-state index < -0.39 is 6.35 Å². The van der Waals surface area contributed by atoms with Gasteiger partial charge in [-0.15, -0.1) is 0 Å². The molecule has 0 aromatic carbocycles. The Morgan fingerprint density at radius 3 is 2.86 bits per heavy atom. The zero-order valence-electron chi connectivity index (χ0n) is 4.01. The van der Waals surface area contributed by atoms with Gasteiger partial charge in [-0.2, -0.15) is 0 Å². The molecule has 4 nitrogen and oxygen atoms in total. The van der Waals surface area contributed by atoms with Crippen molar-refractivity contribution in [3.63, 3.8) is 0 Å². The topological polar surface area (TPSA) is 59.6 Å². The highest BCUT2D eigenvalue weighted by Gasteiger charge is 2.06. The van der Waals surface area contributed by atoms with Gasteiger partial charge in [0.25, 0.3) is 0 Å². The number of hydrogen-bond acceptors (Lipinski definition) is 4. The van der Waals surface area contributed by atoms with Gasteiger partial charge >= 0.3 is 0 Å². The summed E-state index contributed by atoms with van der Waals surface area (Å²) in [6.07, 6.45) is -0.500. The summed E-state index contributed by atoms with van der Waals surface area (Å²) >= 11 is 0. The number of rotatable bonds is 0. The van der Waals surface area contributed by atoms with Gasteiger partial charge in [0.15, 0.2) is 0 Å². The fourth-order valence-corrected chi connectivity index (χ4v) is 0.389. The Hall–Kier alpha value is -0.610. The number of hydrogen-bond donors (Lipinski definition) is 2. The van der Waals surface area contributed by atoms with E-state index in [0.717, 1.165) is 5.84 Å². The van der Waals surface area contributed by atoms with Gasteiger partial charge in [-0.1, -0.05) is 0 Å². The van der Waals surface area contributed by atoms with E-state index in [0.29, 0.717) is 0 Å². The summed E-state index contributed by atoms with van der Waals surface area (Å²) in [4.78, 5) is 8.34. The predicted molar refractivity (Wildman–Crippen MR) is 25.3 cm³/mol. The number of hydroxylamine groups is 1. The van der Waals surface area contributed by atoms with Crippen LogP contribution in [0.1, 0.15) is 6.92 Å². The van der Waals surface area contributed by atoms with Crippen molar-refractivity contribution in [3.05, 3.63) is 0 Å². The number of aliphatic imine (C=N–C) groups is 1. The summed E-state index contributed by atoms with van der Waals surface area (Å²) in [6, 6.07) is 0. The first-order valence-corrected chi connectivity index (χ1v) is 2.00. The molecule has 1 heterocycles. The molecule has 0 radical (unpaired) electrons. The lowest BCUT2D eigenvalue weighted by atomic mass is 10.7. The van der Waals surface area contributed by atoms with Crippen LogP contribution in [0.5, 0.6) is 0 Å². The zero-order chi connectivity index (χ0) is 5.28. The van der Waals surface area contributed by atoms with Crippen LogP contribution in [0.25, 0.3) is 0 Å². The minimum Gasteiger partial charge on any atom is -0.285 e. The van der Waals surface area contributed by atoms with Gasteiger partial charge in [-0.25, -0.2) is 15.3 Å². The van der Waals surface area contributed by atoms with Crippen LogP contribution >= 0.6 is 0 Å². The summed E-state index contributed by atoms with van der Waals surface area (Å²) in [6.45, 7) is 1.78. The van der Waals surface area contributed by atoms with Crippen molar-refractivity contribution >= 4 is 5.84 Å². The molecule has 0 saturated heterocycles. The fourth-order valence-electron chi connectivity index (χ4n) is 0.389. The smallest absolute Gasteiger partial charge is 0.228 e. The maximum absolute atomic E-state index is 5.15. The molecule has 3 N–H and O–H groups in total. The molecule has 1 rings (SSSR count). The van der Waals surface area contributed by atoms with Crippen molar-refractivity contribution in [1.82, 2.24) is 5.48 Å². The van der Waals surface area contributed by atoms with E-state index in [2.05, 4.69) is 15.3 Å². The Bertz CT molecular complexity index is 100. The number of nitrogens with two attached hydrogens (primary N) is 1. The summed E-state index contributed by atoms with van der Waals surface area (Å²) in [7, 11) is 0. The lowest BCUT2D eigenvalue weighted by molar-refractivity contribution is 0.0425. The van der Waals surface area contributed by atoms with E-state index in [9.17, 15) is 0 Å². The lowest BCUT2D eigenvalue weighted by Crippen LogP contribution is -2.21. The highest BCUT2D eigenvalue weighted by Crippen LogP contribution is 1.89. The van der Waals surface area contributed by atoms with E-state index in [4.69, 9.17) is 5.73 Å². The maximum atomic E-state index is 5.15. The molecule has 0 aliphatic carbocycles. The van der Waals surface area contributed by atoms with Crippen LogP contribution in [0.15, 0.2) is 4.99 Å². The molecule has 1 unspecified atom stereocenters. The average Bonchev–Trinajstić information content (AvgIpc) is 1.87. The molecule has 4 heteroatoms. The van der Waals surface area contributed by atoms with Gasteiger partial charge in [0, 0.05) is 0 Å². The Morgan fingerprint density at radius 2 is 2.71 bits per heavy atom. The van der Waals surface area contributed by atoms with Crippen molar-refractivity contribution in [3.8, 4) is 0 Å². The fraction of sp³-hybridized carbons (Fsp3) is 0.667. The Balaban J connectivity index is 2.50. The third-order valence-corrected chi connectivity index (χ3v) is 0.648. The minimum atomic E-state index is -0.500. The molecule has 0 aromatic heterocycles. The largest absolute Gasteiger partial charge is 0.285 e. The SMILES string of the molecule is CC1=NC(N)ON1. The van der Waals surface area contributed by atoms with E-state index in [1.54, 1.807) is 6.92 Å². The molecule has 0 spiro atoms. The number of amidine groups is 1. The summed E-state index contributed by atoms with van der Waals surface area (Å²) in [5.74, 6) is 0.729. The van der Waals surface area contributed by atoms with E-state index in [1.807, 2.05) is 0 Å². The first kappa shape index (κ1) is 4.55. The second-order valence-corrected chi connectivity index (χ2v) is 1.32. The Labute approximate surface area is 41.3 Å². The quantitative estimate of drug-likeness (QED) is 0.419. The second-order valence-electron chi connectivity index (χ2n) is 1.32. The van der Waals surface area contributed by atoms with Gasteiger partial charge in [-0.05, 0) is 6.92 Å². The van der Waals surface area contributed by atoms with Crippen molar-refractivity contribution in [2.75, 3.05) is 0 Å². The van der Waals surface area contributed by atoms with Crippen LogP contribution in [0.4, 0.5) is 0 Å². The second kappa shape index (κ2) is 1.48. The number of nitrogens with one attached hydrogen (secondary N) is 1. The normalized spacial score (nSPS) is 29.4. The molecule has 40 valence electrons. The third-order valence-electron chi connectivity index (χ3n) is 0.648. The van der Waals surface area contributed by atoms with Crippen LogP contribution in [0, 0.1) is 0 Å². The molecule has 0 aromatic rings. The monoisotopic (exact) mass is 101 g/mol. The van der Waals surface area contributed by atoms with Gasteiger partial charge in [0.05, 0.1) is 0 Å². The van der Waals surface area contributed by atoms with Crippen molar-refractivity contribution in [1.29, 1.82) is 0 Å². The van der Waals surface area contributed by atoms with Crippen LogP contribution < -0.4 is 11.2 Å². The molecule has 0 saturated carbocycles. The molecule has 1 atom stereocenters. The molecule has 0 bridgehead atoms. The standard InChI is InChI=1S/C3H7N3O/c1-2-5-3(4)7-6-2/h3H,4H2,1H3,(H,5,6). The molecule has 1 aliphatic heterocycles. The van der Waals surface area contributed by atoms with Crippen LogP contribution in [0.2, 0.25) is 0 Å². The summed E-state index contributed by atoms with van der Waals surface area (Å²) in [5.41, 5.74) is 7.65. The van der Waals surface area contributed by atoms with Crippen LogP contribution in [-0.2, 0) is 4.84 Å². The molecular formula is C3H7N3O. The first-order valence-electron chi connectivity index (χ1n) is 2.00. The van der Waals surface area contributed by atoms with Crippen molar-refractivity contribution in [2.24, 2.45) is 10.7 Å². The molecular weight excluding hydrogens is 94.1 g/mol. The average molecular weight is 101 g/mol. The Morgan fingerprint density at radius 1 is 2.00 bits per heavy atom. The highest BCUT2D eigenvalue weighted by molar-refractivity contribution is 5.79. The third kappa shape index (κ3) is 0.880. The van der Waals surface area contributed by atoms with Crippen LogP contribution in [-0.4, -0.2) is 12.2 Å². The van der Waals surface area contributed by atoms with E-state index >= 15 is 0 Å². The molecule has 7 heavy (non-hydrogen) atoms. The number of nitrogens with zero attached hydrogens (tertiary/aromatic N) is 1. The van der Waals surface area contributed by atoms with Gasteiger partial charge in [0.1, 0.15) is 5.84 Å². The van der Waals surface area contributed by atoms with Crippen molar-refractivity contribution < 1.29 is 4.84 Å². The first-order chi connectivity index (χ1) is 3.29. The predicted octanol–water partition coefficient (Wildman–Crippen LogP) is -0.818. The molecule has 0 fully saturated rings. The lowest BCUT2D eigenvalue weighted by Gasteiger charge is -1.93. The Kier molecular flexibility index (Phi) is 0.958. The van der Waals surface area contributed by atoms with Gasteiger partial charge in [0.2, 0.25) is 6.35 Å². The molecule has 1 aliphatic rings. The van der Waals surface area contributed by atoms with E-state index in [-0.39, 0.29) is 0 Å². The summed E-state index contributed by atoms with van der Waals surface area (Å²) < 4.78 is 0. The summed E-state index contributed by atoms with van der Waals surface area (Å²) in [5, 5.41) is 0. The van der Waals surface area contributed by atoms with Gasteiger partial charge < -0.3 is 0 Å². The zero-order valence-corrected chi connectivity index (χ0v) is 4.01.